The average molecular weight is 434 g/mol. The van der Waals surface area contributed by atoms with E-state index in [2.05, 4.69) is 4.99 Å². The number of ether oxygens (including phenoxy) is 3. The van der Waals surface area contributed by atoms with Crippen LogP contribution in [0, 0.1) is 11.6 Å². The van der Waals surface area contributed by atoms with Gasteiger partial charge in [0.2, 0.25) is 6.10 Å². The van der Waals surface area contributed by atoms with Crippen LogP contribution in [0.15, 0.2) is 41.4 Å². The maximum Gasteiger partial charge on any atom is 0.326 e. The quantitative estimate of drug-likeness (QED) is 0.590. The van der Waals surface area contributed by atoms with Gasteiger partial charge in [0.1, 0.15) is 19.0 Å². The number of hydrogen-bond donors (Lipinski definition) is 0. The Kier molecular flexibility index (Phi) is 5.49. The number of thiazole rings is 1. The summed E-state index contributed by atoms with van der Waals surface area (Å²) in [6, 6.07) is 8.71. The number of aromatic nitrogens is 1. The third-order valence-corrected chi connectivity index (χ3v) is 5.30. The van der Waals surface area contributed by atoms with Gasteiger partial charge in [-0.25, -0.2) is 8.78 Å². The first kappa shape index (κ1) is 20.0. The smallest absolute Gasteiger partial charge is 0.326 e. The molecule has 0 N–H and O–H groups in total. The zero-order valence-electron chi connectivity index (χ0n) is 15.8. The SMILES string of the molecule is CCOC(=O)Cn1c(=NC(=O)C2COc3ccccc3O2)sc2cc(F)cc(F)c21. The fraction of sp³-hybridized carbons (Fsp3) is 0.250. The molecule has 0 fully saturated rings. The van der Waals surface area contributed by atoms with Crippen molar-refractivity contribution in [2.75, 3.05) is 13.2 Å². The molecule has 0 saturated carbocycles. The van der Waals surface area contributed by atoms with E-state index in [0.717, 1.165) is 17.4 Å². The molecule has 1 aliphatic heterocycles. The van der Waals surface area contributed by atoms with Gasteiger partial charge in [-0.3, -0.25) is 9.59 Å². The predicted molar refractivity (Wildman–Crippen MR) is 103 cm³/mol. The lowest BCUT2D eigenvalue weighted by Crippen LogP contribution is -2.37. The fourth-order valence-corrected chi connectivity index (χ4v) is 4.08. The molecule has 0 radical (unpaired) electrons. The van der Waals surface area contributed by atoms with Crippen molar-refractivity contribution in [3.8, 4) is 11.5 Å². The monoisotopic (exact) mass is 434 g/mol. The van der Waals surface area contributed by atoms with E-state index in [9.17, 15) is 18.4 Å². The van der Waals surface area contributed by atoms with Crippen molar-refractivity contribution in [1.29, 1.82) is 0 Å². The molecule has 2 heterocycles. The Morgan fingerprint density at radius 2 is 2.03 bits per heavy atom. The molecule has 1 atom stereocenters. The number of halogens is 2. The highest BCUT2D eigenvalue weighted by Crippen LogP contribution is 2.31. The van der Waals surface area contributed by atoms with Crippen molar-refractivity contribution in [3.63, 3.8) is 0 Å². The van der Waals surface area contributed by atoms with Gasteiger partial charge >= 0.3 is 5.97 Å². The molecule has 10 heteroatoms. The summed E-state index contributed by atoms with van der Waals surface area (Å²) in [7, 11) is 0. The van der Waals surface area contributed by atoms with Crippen molar-refractivity contribution in [3.05, 3.63) is 52.8 Å². The van der Waals surface area contributed by atoms with E-state index in [1.165, 1.54) is 4.57 Å². The second kappa shape index (κ2) is 8.23. The Bertz CT molecular complexity index is 1200. The third-order valence-electron chi connectivity index (χ3n) is 4.28. The van der Waals surface area contributed by atoms with Crippen LogP contribution in [-0.2, 0) is 20.9 Å². The summed E-state index contributed by atoms with van der Waals surface area (Å²) >= 11 is 0.882. The number of carbonyl (C=O) groups is 2. The van der Waals surface area contributed by atoms with Gasteiger partial charge in [-0.2, -0.15) is 4.99 Å². The molecule has 2 aromatic carbocycles. The summed E-state index contributed by atoms with van der Waals surface area (Å²) < 4.78 is 45.6. The fourth-order valence-electron chi connectivity index (χ4n) is 3.00. The van der Waals surface area contributed by atoms with Gasteiger partial charge in [0, 0.05) is 6.07 Å². The Morgan fingerprint density at radius 3 is 2.80 bits per heavy atom. The first-order valence-electron chi connectivity index (χ1n) is 9.07. The maximum atomic E-state index is 14.4. The number of benzene rings is 2. The second-order valence-electron chi connectivity index (χ2n) is 6.32. The van der Waals surface area contributed by atoms with E-state index in [4.69, 9.17) is 14.2 Å². The number of amides is 1. The Hall–Kier alpha value is -3.27. The van der Waals surface area contributed by atoms with E-state index in [0.29, 0.717) is 17.6 Å². The molecule has 1 amide bonds. The van der Waals surface area contributed by atoms with E-state index in [1.54, 1.807) is 31.2 Å². The van der Waals surface area contributed by atoms with Crippen LogP contribution in [0.25, 0.3) is 10.2 Å². The van der Waals surface area contributed by atoms with Crippen molar-refractivity contribution in [2.45, 2.75) is 19.6 Å². The molecule has 7 nitrogen and oxygen atoms in total. The van der Waals surface area contributed by atoms with Crippen LogP contribution < -0.4 is 14.3 Å². The summed E-state index contributed by atoms with van der Waals surface area (Å²) in [5.74, 6) is -2.04. The number of fused-ring (bicyclic) bond motifs is 2. The van der Waals surface area contributed by atoms with Crippen LogP contribution in [0.1, 0.15) is 6.92 Å². The highest BCUT2D eigenvalue weighted by atomic mass is 32.1. The number of esters is 1. The van der Waals surface area contributed by atoms with Crippen LogP contribution in [0.4, 0.5) is 8.78 Å². The molecule has 4 rings (SSSR count). The summed E-state index contributed by atoms with van der Waals surface area (Å²) in [5.41, 5.74) is -0.0350. The van der Waals surface area contributed by atoms with E-state index in [-0.39, 0.29) is 34.8 Å². The highest BCUT2D eigenvalue weighted by molar-refractivity contribution is 7.16. The molecule has 0 bridgehead atoms. The standard InChI is InChI=1S/C20H16F2N2O5S/c1-2-27-17(25)9-24-18-12(22)7-11(21)8-16(18)30-20(24)23-19(26)15-10-28-13-5-3-4-6-14(13)29-15/h3-8,15H,2,9-10H2,1H3. The number of carbonyl (C=O) groups excluding carboxylic acids is 2. The first-order valence-corrected chi connectivity index (χ1v) is 9.89. The molecular weight excluding hydrogens is 418 g/mol. The van der Waals surface area contributed by atoms with Crippen LogP contribution >= 0.6 is 11.3 Å². The number of nitrogens with zero attached hydrogens (tertiary/aromatic N) is 2. The predicted octanol–water partition coefficient (Wildman–Crippen LogP) is 2.81. The van der Waals surface area contributed by atoms with Gasteiger partial charge in [-0.1, -0.05) is 23.5 Å². The molecule has 1 aliphatic rings. The van der Waals surface area contributed by atoms with Crippen LogP contribution in [-0.4, -0.2) is 35.8 Å². The zero-order valence-corrected chi connectivity index (χ0v) is 16.6. The Balaban J connectivity index is 1.73. The summed E-state index contributed by atoms with van der Waals surface area (Å²) in [4.78, 5) is 28.8. The lowest BCUT2D eigenvalue weighted by Gasteiger charge is -2.23. The average Bonchev–Trinajstić information content (AvgIpc) is 3.04. The molecule has 0 saturated heterocycles. The van der Waals surface area contributed by atoms with Crippen molar-refractivity contribution < 1.29 is 32.6 Å². The van der Waals surface area contributed by atoms with Gasteiger partial charge < -0.3 is 18.8 Å². The zero-order chi connectivity index (χ0) is 21.3. The molecule has 0 aliphatic carbocycles. The summed E-state index contributed by atoms with van der Waals surface area (Å²) in [5, 5.41) is 0. The Morgan fingerprint density at radius 1 is 1.27 bits per heavy atom. The van der Waals surface area contributed by atoms with Crippen LogP contribution in [0.3, 0.4) is 0 Å². The molecule has 1 unspecified atom stereocenters. The highest BCUT2D eigenvalue weighted by Gasteiger charge is 2.27. The lowest BCUT2D eigenvalue weighted by atomic mass is 10.2. The first-order chi connectivity index (χ1) is 14.5. The molecular formula is C20H16F2N2O5S. The molecule has 30 heavy (non-hydrogen) atoms. The van der Waals surface area contributed by atoms with Crippen LogP contribution in [0.5, 0.6) is 11.5 Å². The van der Waals surface area contributed by atoms with Gasteiger partial charge in [0.25, 0.3) is 5.91 Å². The molecule has 1 aromatic heterocycles. The van der Waals surface area contributed by atoms with E-state index in [1.807, 2.05) is 0 Å². The minimum absolute atomic E-state index is 0.0232. The summed E-state index contributed by atoms with van der Waals surface area (Å²) in [6.45, 7) is 1.34. The van der Waals surface area contributed by atoms with Gasteiger partial charge in [-0.05, 0) is 25.1 Å². The minimum atomic E-state index is -1.01. The van der Waals surface area contributed by atoms with E-state index >= 15 is 0 Å². The summed E-state index contributed by atoms with van der Waals surface area (Å²) in [6.07, 6.45) is -1.01. The van der Waals surface area contributed by atoms with Crippen molar-refractivity contribution in [1.82, 2.24) is 4.57 Å². The Labute approximate surface area is 173 Å². The molecule has 156 valence electrons. The maximum absolute atomic E-state index is 14.4. The second-order valence-corrected chi connectivity index (χ2v) is 7.33. The third kappa shape index (κ3) is 3.90. The minimum Gasteiger partial charge on any atom is -0.485 e. The topological polar surface area (TPSA) is 79.1 Å². The van der Waals surface area contributed by atoms with Gasteiger partial charge in [0.15, 0.2) is 22.1 Å². The van der Waals surface area contributed by atoms with Crippen molar-refractivity contribution >= 4 is 33.4 Å². The van der Waals surface area contributed by atoms with Crippen LogP contribution in [0.2, 0.25) is 0 Å². The van der Waals surface area contributed by atoms with E-state index < -0.39 is 29.6 Å². The largest absolute Gasteiger partial charge is 0.485 e. The normalized spacial score (nSPS) is 16.0. The molecule has 0 spiro atoms. The molecule has 3 aromatic rings. The lowest BCUT2D eigenvalue weighted by molar-refractivity contribution is -0.143. The number of hydrogen-bond acceptors (Lipinski definition) is 6. The van der Waals surface area contributed by atoms with Gasteiger partial charge in [0.05, 0.1) is 16.8 Å². The number of rotatable bonds is 4. The number of para-hydroxylation sites is 2. The van der Waals surface area contributed by atoms with Crippen molar-refractivity contribution in [2.24, 2.45) is 4.99 Å². The van der Waals surface area contributed by atoms with Gasteiger partial charge in [-0.15, -0.1) is 0 Å².